The maximum absolute atomic E-state index is 12.3. The maximum Gasteiger partial charge on any atom is 0.352 e. The largest absolute Gasteiger partial charge is 0.493 e. The number of carbonyl (C=O) groups excluding carboxylic acids is 1. The summed E-state index contributed by atoms with van der Waals surface area (Å²) >= 11 is 0. The summed E-state index contributed by atoms with van der Waals surface area (Å²) in [4.78, 5) is 23.9. The topological polar surface area (TPSA) is 84.9 Å². The van der Waals surface area contributed by atoms with Crippen LogP contribution in [0.15, 0.2) is 78.5 Å². The van der Waals surface area contributed by atoms with Crippen LogP contribution >= 0.6 is 0 Å². The van der Waals surface area contributed by atoms with Gasteiger partial charge in [-0.2, -0.15) is 0 Å². The van der Waals surface area contributed by atoms with E-state index >= 15 is 0 Å². The third kappa shape index (κ3) is 5.96. The minimum Gasteiger partial charge on any atom is -0.493 e. The van der Waals surface area contributed by atoms with Crippen molar-refractivity contribution in [2.45, 2.75) is 13.5 Å². The molecule has 3 aromatic rings. The number of aliphatic carboxylic acids is 1. The Balaban J connectivity index is 1.77. The Bertz CT molecular complexity index is 1090. The number of aryl methyl sites for hydroxylation is 1. The van der Waals surface area contributed by atoms with Crippen LogP contribution in [0, 0.1) is 6.92 Å². The maximum atomic E-state index is 12.3. The number of carboxylic acid groups (broad SMARTS) is 1. The molecule has 1 amide bonds. The molecule has 0 radical (unpaired) electrons. The number of carboxylic acids is 1. The van der Waals surface area contributed by atoms with Crippen molar-refractivity contribution in [3.63, 3.8) is 0 Å². The lowest BCUT2D eigenvalue weighted by molar-refractivity contribution is -0.132. The van der Waals surface area contributed by atoms with Gasteiger partial charge < -0.3 is 19.9 Å². The van der Waals surface area contributed by atoms with Crippen molar-refractivity contribution in [3.05, 3.63) is 101 Å². The molecule has 158 valence electrons. The van der Waals surface area contributed by atoms with E-state index in [-0.39, 0.29) is 5.70 Å². The minimum absolute atomic E-state index is 0.246. The lowest BCUT2D eigenvalue weighted by atomic mass is 10.1. The Kier molecular flexibility index (Phi) is 7.06. The third-order valence-corrected chi connectivity index (χ3v) is 4.53. The molecular formula is C25H23NO5. The summed E-state index contributed by atoms with van der Waals surface area (Å²) < 4.78 is 11.2. The molecule has 0 heterocycles. The average molecular weight is 417 g/mol. The van der Waals surface area contributed by atoms with Gasteiger partial charge in [-0.1, -0.05) is 54.1 Å². The molecule has 6 heteroatoms. The first kappa shape index (κ1) is 21.6. The summed E-state index contributed by atoms with van der Waals surface area (Å²) in [7, 11) is 1.51. The summed E-state index contributed by atoms with van der Waals surface area (Å²) in [6, 6.07) is 21.5. The molecule has 6 nitrogen and oxygen atoms in total. The first-order valence-electron chi connectivity index (χ1n) is 9.64. The van der Waals surface area contributed by atoms with Gasteiger partial charge in [0.15, 0.2) is 11.5 Å². The molecule has 2 N–H and O–H groups in total. The number of rotatable bonds is 8. The van der Waals surface area contributed by atoms with Crippen molar-refractivity contribution < 1.29 is 24.2 Å². The van der Waals surface area contributed by atoms with Crippen LogP contribution in [0.4, 0.5) is 0 Å². The average Bonchev–Trinajstić information content (AvgIpc) is 2.79. The van der Waals surface area contributed by atoms with E-state index in [4.69, 9.17) is 9.47 Å². The Labute approximate surface area is 180 Å². The zero-order valence-corrected chi connectivity index (χ0v) is 17.3. The van der Waals surface area contributed by atoms with E-state index in [9.17, 15) is 14.7 Å². The molecule has 0 aliphatic heterocycles. The number of hydrogen-bond donors (Lipinski definition) is 2. The second-order valence-corrected chi connectivity index (χ2v) is 6.87. The first-order chi connectivity index (χ1) is 15.0. The van der Waals surface area contributed by atoms with Gasteiger partial charge in [-0.3, -0.25) is 4.79 Å². The zero-order valence-electron chi connectivity index (χ0n) is 17.3. The standard InChI is InChI=1S/C25H23NO5/c1-17-8-10-18(11-9-17)16-31-22-13-12-19(15-23(22)30-2)14-21(25(28)29)26-24(27)20-6-4-3-5-7-20/h3-15H,16H2,1-2H3,(H,26,27)(H,28,29). The first-order valence-corrected chi connectivity index (χ1v) is 9.64. The molecule has 0 aliphatic rings. The van der Waals surface area contributed by atoms with Gasteiger partial charge in [0.1, 0.15) is 12.3 Å². The van der Waals surface area contributed by atoms with E-state index < -0.39 is 11.9 Å². The number of hydrogen-bond acceptors (Lipinski definition) is 4. The summed E-state index contributed by atoms with van der Waals surface area (Å²) in [6.45, 7) is 2.40. The number of ether oxygens (including phenoxy) is 2. The van der Waals surface area contributed by atoms with E-state index in [0.717, 1.165) is 5.56 Å². The van der Waals surface area contributed by atoms with Crippen LogP contribution in [0.1, 0.15) is 27.0 Å². The van der Waals surface area contributed by atoms with Gasteiger partial charge in [-0.25, -0.2) is 4.79 Å². The summed E-state index contributed by atoms with van der Waals surface area (Å²) in [5.74, 6) is -0.757. The molecule has 0 unspecified atom stereocenters. The highest BCUT2D eigenvalue weighted by molar-refractivity contribution is 6.02. The second-order valence-electron chi connectivity index (χ2n) is 6.87. The second kappa shape index (κ2) is 10.1. The zero-order chi connectivity index (χ0) is 22.2. The van der Waals surface area contributed by atoms with Crippen LogP contribution in [0.3, 0.4) is 0 Å². The number of amides is 1. The lowest BCUT2D eigenvalue weighted by Crippen LogP contribution is -2.27. The number of nitrogens with one attached hydrogen (secondary N) is 1. The summed E-state index contributed by atoms with van der Waals surface area (Å²) in [6.07, 6.45) is 1.37. The molecule has 3 aromatic carbocycles. The quantitative estimate of drug-likeness (QED) is 0.530. The van der Waals surface area contributed by atoms with Crippen molar-refractivity contribution in [2.24, 2.45) is 0 Å². The Hall–Kier alpha value is -4.06. The van der Waals surface area contributed by atoms with Gasteiger partial charge in [0.25, 0.3) is 5.91 Å². The summed E-state index contributed by atoms with van der Waals surface area (Å²) in [5.41, 5.74) is 2.86. The molecule has 0 fully saturated rings. The van der Waals surface area contributed by atoms with E-state index in [1.165, 1.54) is 18.7 Å². The molecule has 3 rings (SSSR count). The highest BCUT2D eigenvalue weighted by Crippen LogP contribution is 2.29. The van der Waals surface area contributed by atoms with Crippen molar-refractivity contribution in [1.82, 2.24) is 5.32 Å². The Morgan fingerprint density at radius 2 is 1.68 bits per heavy atom. The molecule has 0 saturated heterocycles. The fourth-order valence-electron chi connectivity index (χ4n) is 2.84. The van der Waals surface area contributed by atoms with Crippen LogP contribution in [0.25, 0.3) is 6.08 Å². The summed E-state index contributed by atoms with van der Waals surface area (Å²) in [5, 5.41) is 11.9. The van der Waals surface area contributed by atoms with Crippen LogP contribution in [-0.2, 0) is 11.4 Å². The molecule has 0 bridgehead atoms. The van der Waals surface area contributed by atoms with Crippen molar-refractivity contribution in [3.8, 4) is 11.5 Å². The number of methoxy groups -OCH3 is 1. The van der Waals surface area contributed by atoms with E-state index in [1.54, 1.807) is 48.5 Å². The van der Waals surface area contributed by atoms with Gasteiger partial charge >= 0.3 is 5.97 Å². The minimum atomic E-state index is -1.25. The molecule has 0 saturated carbocycles. The Morgan fingerprint density at radius 3 is 2.32 bits per heavy atom. The predicted molar refractivity (Wildman–Crippen MR) is 118 cm³/mol. The van der Waals surface area contributed by atoms with E-state index in [2.05, 4.69) is 5.32 Å². The highest BCUT2D eigenvalue weighted by atomic mass is 16.5. The van der Waals surface area contributed by atoms with Gasteiger partial charge in [0, 0.05) is 5.56 Å². The number of benzene rings is 3. The molecule has 0 spiro atoms. The van der Waals surface area contributed by atoms with Crippen molar-refractivity contribution in [2.75, 3.05) is 7.11 Å². The van der Waals surface area contributed by atoms with Gasteiger partial charge in [0.05, 0.1) is 7.11 Å². The van der Waals surface area contributed by atoms with Gasteiger partial charge in [-0.05, 0) is 48.4 Å². The third-order valence-electron chi connectivity index (χ3n) is 4.53. The molecule has 31 heavy (non-hydrogen) atoms. The van der Waals surface area contributed by atoms with Crippen LogP contribution in [-0.4, -0.2) is 24.1 Å². The predicted octanol–water partition coefficient (Wildman–Crippen LogP) is 4.44. The van der Waals surface area contributed by atoms with Crippen LogP contribution in [0.5, 0.6) is 11.5 Å². The molecule has 0 aromatic heterocycles. The van der Waals surface area contributed by atoms with Crippen molar-refractivity contribution in [1.29, 1.82) is 0 Å². The fraction of sp³-hybridized carbons (Fsp3) is 0.120. The number of carbonyl (C=O) groups is 2. The molecular weight excluding hydrogens is 394 g/mol. The van der Waals surface area contributed by atoms with Crippen LogP contribution < -0.4 is 14.8 Å². The normalized spacial score (nSPS) is 11.0. The van der Waals surface area contributed by atoms with Crippen molar-refractivity contribution >= 4 is 18.0 Å². The fourth-order valence-corrected chi connectivity index (χ4v) is 2.84. The molecule has 0 atom stereocenters. The smallest absolute Gasteiger partial charge is 0.352 e. The van der Waals surface area contributed by atoms with Crippen LogP contribution in [0.2, 0.25) is 0 Å². The highest BCUT2D eigenvalue weighted by Gasteiger charge is 2.14. The SMILES string of the molecule is COc1cc(C=C(NC(=O)c2ccccc2)C(=O)O)ccc1OCc1ccc(C)cc1. The molecule has 0 aliphatic carbocycles. The van der Waals surface area contributed by atoms with Gasteiger partial charge in [-0.15, -0.1) is 0 Å². The Morgan fingerprint density at radius 1 is 0.968 bits per heavy atom. The van der Waals surface area contributed by atoms with E-state index in [1.807, 2.05) is 31.2 Å². The monoisotopic (exact) mass is 417 g/mol. The van der Waals surface area contributed by atoms with E-state index in [0.29, 0.717) is 29.2 Å². The lowest BCUT2D eigenvalue weighted by Gasteiger charge is -2.12. The van der Waals surface area contributed by atoms with Gasteiger partial charge in [0.2, 0.25) is 0 Å².